The van der Waals surface area contributed by atoms with Crippen LogP contribution in [0.2, 0.25) is 0 Å². The molecule has 1 amide bonds. The zero-order chi connectivity index (χ0) is 9.26. The molecule has 0 saturated heterocycles. The van der Waals surface area contributed by atoms with E-state index < -0.39 is 5.91 Å². The molecule has 14 heavy (non-hydrogen) atoms. The molecule has 1 aromatic carbocycles. The number of amides is 1. The highest BCUT2D eigenvalue weighted by molar-refractivity contribution is 6.42. The summed E-state index contributed by atoms with van der Waals surface area (Å²) >= 11 is 0. The molecule has 3 N–H and O–H groups in total. The van der Waals surface area contributed by atoms with Gasteiger partial charge >= 0.3 is 0 Å². The third-order valence-corrected chi connectivity index (χ3v) is 1.91. The Morgan fingerprint density at radius 1 is 1.43 bits per heavy atom. The van der Waals surface area contributed by atoms with Gasteiger partial charge in [0.05, 0.1) is 6.54 Å². The van der Waals surface area contributed by atoms with Crippen LogP contribution in [0.3, 0.4) is 0 Å². The van der Waals surface area contributed by atoms with Crippen molar-refractivity contribution in [2.45, 2.75) is 6.54 Å². The van der Waals surface area contributed by atoms with Gasteiger partial charge in [-0.05, 0) is 11.6 Å². The average Bonchev–Trinajstić information content (AvgIpc) is 2.17. The first kappa shape index (κ1) is 10.5. The number of aliphatic imine (C=N–C) groups is 1. The molecule has 0 spiro atoms. The highest BCUT2D eigenvalue weighted by Gasteiger charge is 2.13. The van der Waals surface area contributed by atoms with Crippen molar-refractivity contribution in [1.82, 2.24) is 0 Å². The van der Waals surface area contributed by atoms with Crippen molar-refractivity contribution in [2.75, 3.05) is 5.32 Å². The van der Waals surface area contributed by atoms with Crippen molar-refractivity contribution >= 4 is 29.8 Å². The molecule has 5 heteroatoms. The number of halogens is 1. The second-order valence-corrected chi connectivity index (χ2v) is 2.81. The van der Waals surface area contributed by atoms with E-state index in [1.807, 2.05) is 24.3 Å². The van der Waals surface area contributed by atoms with E-state index in [-0.39, 0.29) is 18.2 Å². The predicted molar refractivity (Wildman–Crippen MR) is 57.6 cm³/mol. The molecule has 0 saturated carbocycles. The lowest BCUT2D eigenvalue weighted by Gasteiger charge is -2.15. The molecule has 74 valence electrons. The molecule has 0 aliphatic carbocycles. The topological polar surface area (TPSA) is 67.5 Å². The molecule has 1 aromatic rings. The lowest BCUT2D eigenvalue weighted by Crippen LogP contribution is -2.32. The van der Waals surface area contributed by atoms with E-state index in [0.29, 0.717) is 6.54 Å². The Morgan fingerprint density at radius 2 is 2.14 bits per heavy atom. The summed E-state index contributed by atoms with van der Waals surface area (Å²) in [6.45, 7) is 0.515. The van der Waals surface area contributed by atoms with Crippen molar-refractivity contribution in [3.05, 3.63) is 29.8 Å². The lowest BCUT2D eigenvalue weighted by atomic mass is 10.1. The third kappa shape index (κ3) is 1.85. The molecule has 0 aromatic heterocycles. The molecule has 1 heterocycles. The molecule has 1 aliphatic heterocycles. The molecule has 0 bridgehead atoms. The van der Waals surface area contributed by atoms with Gasteiger partial charge in [0.1, 0.15) is 0 Å². The normalized spacial score (nSPS) is 13.0. The lowest BCUT2D eigenvalue weighted by molar-refractivity contribution is -0.112. The minimum atomic E-state index is -0.519. The third-order valence-electron chi connectivity index (χ3n) is 1.91. The fourth-order valence-corrected chi connectivity index (χ4v) is 1.25. The number of amidine groups is 1. The van der Waals surface area contributed by atoms with Crippen LogP contribution in [-0.2, 0) is 11.3 Å². The van der Waals surface area contributed by atoms with Crippen LogP contribution in [0.5, 0.6) is 0 Å². The van der Waals surface area contributed by atoms with E-state index in [1.165, 1.54) is 0 Å². The minimum absolute atomic E-state index is 0. The average molecular weight is 212 g/mol. The van der Waals surface area contributed by atoms with Gasteiger partial charge in [0.15, 0.2) is 5.84 Å². The number of para-hydroxylation sites is 1. The standard InChI is InChI=1S/C9H9N3O.ClH/c10-8(13)9-11-5-6-3-1-2-4-7(6)12-9;/h1-4H,5H2,(H2,10,13)(H,11,12);1H. The van der Waals surface area contributed by atoms with Gasteiger partial charge in [-0.3, -0.25) is 9.79 Å². The van der Waals surface area contributed by atoms with Gasteiger partial charge in [-0.15, -0.1) is 12.4 Å². The number of primary amides is 1. The molecule has 0 fully saturated rings. The largest absolute Gasteiger partial charge is 0.363 e. The number of fused-ring (bicyclic) bond motifs is 1. The highest BCUT2D eigenvalue weighted by atomic mass is 35.5. The molecule has 0 unspecified atom stereocenters. The Kier molecular flexibility index (Phi) is 3.09. The predicted octanol–water partition coefficient (Wildman–Crippen LogP) is 0.918. The van der Waals surface area contributed by atoms with Crippen LogP contribution in [0.15, 0.2) is 29.3 Å². The van der Waals surface area contributed by atoms with E-state index in [4.69, 9.17) is 5.73 Å². The van der Waals surface area contributed by atoms with Gasteiger partial charge < -0.3 is 11.1 Å². The smallest absolute Gasteiger partial charge is 0.284 e. The Labute approximate surface area is 87.6 Å². The summed E-state index contributed by atoms with van der Waals surface area (Å²) < 4.78 is 0. The van der Waals surface area contributed by atoms with Crippen LogP contribution >= 0.6 is 12.4 Å². The van der Waals surface area contributed by atoms with Crippen LogP contribution in [0.4, 0.5) is 5.69 Å². The Morgan fingerprint density at radius 3 is 2.86 bits per heavy atom. The zero-order valence-electron chi connectivity index (χ0n) is 7.36. The fraction of sp³-hybridized carbons (Fsp3) is 0.111. The van der Waals surface area contributed by atoms with Crippen molar-refractivity contribution in [1.29, 1.82) is 0 Å². The Bertz CT molecular complexity index is 389. The maximum absolute atomic E-state index is 10.8. The minimum Gasteiger partial charge on any atom is -0.363 e. The van der Waals surface area contributed by atoms with E-state index in [9.17, 15) is 4.79 Å². The molecule has 4 nitrogen and oxygen atoms in total. The monoisotopic (exact) mass is 211 g/mol. The highest BCUT2D eigenvalue weighted by Crippen LogP contribution is 2.19. The van der Waals surface area contributed by atoms with E-state index in [2.05, 4.69) is 10.3 Å². The van der Waals surface area contributed by atoms with Gasteiger partial charge in [-0.1, -0.05) is 18.2 Å². The van der Waals surface area contributed by atoms with Crippen molar-refractivity contribution in [2.24, 2.45) is 10.7 Å². The van der Waals surface area contributed by atoms with E-state index >= 15 is 0 Å². The van der Waals surface area contributed by atoms with E-state index in [1.54, 1.807) is 0 Å². The molecular weight excluding hydrogens is 202 g/mol. The van der Waals surface area contributed by atoms with Gasteiger partial charge in [0.2, 0.25) is 0 Å². The number of hydrogen-bond donors (Lipinski definition) is 2. The second kappa shape index (κ2) is 4.11. The van der Waals surface area contributed by atoms with Crippen LogP contribution < -0.4 is 11.1 Å². The first-order valence-electron chi connectivity index (χ1n) is 3.96. The number of rotatable bonds is 1. The summed E-state index contributed by atoms with van der Waals surface area (Å²) in [4.78, 5) is 14.8. The van der Waals surface area contributed by atoms with Crippen molar-refractivity contribution in [3.8, 4) is 0 Å². The number of nitrogens with one attached hydrogen (secondary N) is 1. The number of nitrogens with two attached hydrogens (primary N) is 1. The van der Waals surface area contributed by atoms with E-state index in [0.717, 1.165) is 11.3 Å². The van der Waals surface area contributed by atoms with Crippen LogP contribution in [-0.4, -0.2) is 11.7 Å². The van der Waals surface area contributed by atoms with Gasteiger partial charge in [0, 0.05) is 5.69 Å². The quantitative estimate of drug-likeness (QED) is 0.725. The molecule has 1 aliphatic rings. The first-order chi connectivity index (χ1) is 6.27. The summed E-state index contributed by atoms with van der Waals surface area (Å²) in [6.07, 6.45) is 0. The van der Waals surface area contributed by atoms with Crippen molar-refractivity contribution < 1.29 is 4.79 Å². The van der Waals surface area contributed by atoms with Crippen LogP contribution in [0, 0.1) is 0 Å². The van der Waals surface area contributed by atoms with Gasteiger partial charge in [0.25, 0.3) is 5.91 Å². The summed E-state index contributed by atoms with van der Waals surface area (Å²) in [6, 6.07) is 7.69. The number of benzene rings is 1. The second-order valence-electron chi connectivity index (χ2n) is 2.81. The van der Waals surface area contributed by atoms with Crippen LogP contribution in [0.1, 0.15) is 5.56 Å². The Hall–Kier alpha value is -1.55. The van der Waals surface area contributed by atoms with Gasteiger partial charge in [-0.25, -0.2) is 0 Å². The van der Waals surface area contributed by atoms with Crippen LogP contribution in [0.25, 0.3) is 0 Å². The number of hydrogen-bond acceptors (Lipinski definition) is 3. The molecule has 0 radical (unpaired) electrons. The summed E-state index contributed by atoms with van der Waals surface area (Å²) in [7, 11) is 0. The fourth-order valence-electron chi connectivity index (χ4n) is 1.25. The number of carbonyl (C=O) groups is 1. The molecule has 2 rings (SSSR count). The Balaban J connectivity index is 0.000000980. The zero-order valence-corrected chi connectivity index (χ0v) is 8.17. The molecular formula is C9H10ClN3O. The van der Waals surface area contributed by atoms with Gasteiger partial charge in [-0.2, -0.15) is 0 Å². The number of anilines is 1. The summed E-state index contributed by atoms with van der Waals surface area (Å²) in [5.41, 5.74) is 7.08. The number of nitrogens with zero attached hydrogens (tertiary/aromatic N) is 1. The summed E-state index contributed by atoms with van der Waals surface area (Å²) in [5, 5.41) is 2.87. The SMILES string of the molecule is Cl.NC(=O)C1=NCc2ccccc2N1. The summed E-state index contributed by atoms with van der Waals surface area (Å²) in [5.74, 6) is -0.284. The first-order valence-corrected chi connectivity index (χ1v) is 3.96. The maximum Gasteiger partial charge on any atom is 0.284 e. The number of carbonyl (C=O) groups excluding carboxylic acids is 1. The molecule has 0 atom stereocenters. The van der Waals surface area contributed by atoms with Crippen molar-refractivity contribution in [3.63, 3.8) is 0 Å². The maximum atomic E-state index is 10.8.